The van der Waals surface area contributed by atoms with Crippen molar-refractivity contribution in [3.8, 4) is 0 Å². The van der Waals surface area contributed by atoms with Crippen molar-refractivity contribution in [1.82, 2.24) is 0 Å². The second-order valence-corrected chi connectivity index (χ2v) is 6.22. The zero-order chi connectivity index (χ0) is 13.0. The first-order valence-electron chi connectivity index (χ1n) is 6.78. The van der Waals surface area contributed by atoms with Gasteiger partial charge in [-0.2, -0.15) is 0 Å². The van der Waals surface area contributed by atoms with Gasteiger partial charge in [-0.15, -0.1) is 0 Å². The SMILES string of the molecule is OC(Cc1cc(F)cc(Br)c1)C1CCCCCC1. The molecule has 0 spiro atoms. The first-order valence-corrected chi connectivity index (χ1v) is 7.57. The Morgan fingerprint density at radius 2 is 1.83 bits per heavy atom. The van der Waals surface area contributed by atoms with Crippen molar-refractivity contribution in [3.63, 3.8) is 0 Å². The molecule has 0 aliphatic heterocycles. The van der Waals surface area contributed by atoms with E-state index in [1.807, 2.05) is 6.07 Å². The lowest BCUT2D eigenvalue weighted by Gasteiger charge is -2.21. The Morgan fingerprint density at radius 1 is 1.17 bits per heavy atom. The van der Waals surface area contributed by atoms with Crippen molar-refractivity contribution < 1.29 is 9.50 Å². The van der Waals surface area contributed by atoms with Crippen LogP contribution >= 0.6 is 15.9 Å². The second-order valence-electron chi connectivity index (χ2n) is 5.30. The van der Waals surface area contributed by atoms with Crippen molar-refractivity contribution >= 4 is 15.9 Å². The number of aliphatic hydroxyl groups is 1. The maximum absolute atomic E-state index is 13.3. The molecular weight excluding hydrogens is 295 g/mol. The largest absolute Gasteiger partial charge is 0.392 e. The monoisotopic (exact) mass is 314 g/mol. The van der Waals surface area contributed by atoms with E-state index in [0.717, 1.165) is 22.9 Å². The van der Waals surface area contributed by atoms with Crippen LogP contribution in [0.25, 0.3) is 0 Å². The number of hydrogen-bond acceptors (Lipinski definition) is 1. The minimum absolute atomic E-state index is 0.243. The Labute approximate surface area is 117 Å². The van der Waals surface area contributed by atoms with E-state index in [1.54, 1.807) is 0 Å². The first-order chi connectivity index (χ1) is 8.65. The maximum Gasteiger partial charge on any atom is 0.124 e. The molecule has 1 aliphatic carbocycles. The standard InChI is InChI=1S/C15H20BrFO/c16-13-7-11(8-14(17)10-13)9-15(18)12-5-3-1-2-4-6-12/h7-8,10,12,15,18H,1-6,9H2. The first kappa shape index (κ1) is 14.0. The molecule has 1 fully saturated rings. The summed E-state index contributed by atoms with van der Waals surface area (Å²) in [6.07, 6.45) is 7.44. The fourth-order valence-electron chi connectivity index (χ4n) is 2.83. The molecule has 18 heavy (non-hydrogen) atoms. The molecule has 0 amide bonds. The molecule has 0 saturated heterocycles. The smallest absolute Gasteiger partial charge is 0.124 e. The van der Waals surface area contributed by atoms with Gasteiger partial charge in [0.2, 0.25) is 0 Å². The fourth-order valence-corrected chi connectivity index (χ4v) is 3.35. The molecule has 1 atom stereocenters. The summed E-state index contributed by atoms with van der Waals surface area (Å²) in [5.74, 6) is 0.141. The Kier molecular flexibility index (Phi) is 5.19. The molecule has 100 valence electrons. The second kappa shape index (κ2) is 6.67. The summed E-state index contributed by atoms with van der Waals surface area (Å²) in [7, 11) is 0. The molecule has 1 aromatic carbocycles. The van der Waals surface area contributed by atoms with Crippen molar-refractivity contribution in [2.24, 2.45) is 5.92 Å². The summed E-state index contributed by atoms with van der Waals surface area (Å²) in [5.41, 5.74) is 0.874. The van der Waals surface area contributed by atoms with E-state index in [2.05, 4.69) is 15.9 Å². The highest BCUT2D eigenvalue weighted by molar-refractivity contribution is 9.10. The van der Waals surface area contributed by atoms with Gasteiger partial charge in [0.15, 0.2) is 0 Å². The van der Waals surface area contributed by atoms with E-state index in [9.17, 15) is 9.50 Å². The average molecular weight is 315 g/mol. The van der Waals surface area contributed by atoms with Crippen molar-refractivity contribution in [2.75, 3.05) is 0 Å². The number of benzene rings is 1. The number of aliphatic hydroxyl groups excluding tert-OH is 1. The van der Waals surface area contributed by atoms with Crippen LogP contribution in [0.4, 0.5) is 4.39 Å². The van der Waals surface area contributed by atoms with Gasteiger partial charge in [0.25, 0.3) is 0 Å². The third-order valence-electron chi connectivity index (χ3n) is 3.81. The van der Waals surface area contributed by atoms with E-state index in [1.165, 1.54) is 37.8 Å². The molecular formula is C15H20BrFO. The lowest BCUT2D eigenvalue weighted by molar-refractivity contribution is 0.0985. The van der Waals surface area contributed by atoms with Crippen LogP contribution in [0, 0.1) is 11.7 Å². The van der Waals surface area contributed by atoms with Crippen LogP contribution in [0.5, 0.6) is 0 Å². The van der Waals surface area contributed by atoms with Crippen molar-refractivity contribution in [1.29, 1.82) is 0 Å². The van der Waals surface area contributed by atoms with Gasteiger partial charge in [-0.05, 0) is 48.9 Å². The van der Waals surface area contributed by atoms with Crippen LogP contribution in [0.2, 0.25) is 0 Å². The van der Waals surface area contributed by atoms with Crippen LogP contribution in [0.1, 0.15) is 44.1 Å². The van der Waals surface area contributed by atoms with E-state index in [0.29, 0.717) is 12.3 Å². The molecule has 3 heteroatoms. The molecule has 1 nitrogen and oxygen atoms in total. The van der Waals surface area contributed by atoms with Gasteiger partial charge < -0.3 is 5.11 Å². The zero-order valence-electron chi connectivity index (χ0n) is 10.5. The van der Waals surface area contributed by atoms with Crippen LogP contribution in [0.15, 0.2) is 22.7 Å². The minimum Gasteiger partial charge on any atom is -0.392 e. The molecule has 2 rings (SSSR count). The van der Waals surface area contributed by atoms with Crippen LogP contribution in [-0.4, -0.2) is 11.2 Å². The van der Waals surface area contributed by atoms with Gasteiger partial charge in [-0.1, -0.05) is 41.6 Å². The van der Waals surface area contributed by atoms with Gasteiger partial charge in [-0.25, -0.2) is 4.39 Å². The third kappa shape index (κ3) is 4.06. The molecule has 1 unspecified atom stereocenters. The van der Waals surface area contributed by atoms with E-state index >= 15 is 0 Å². The summed E-state index contributed by atoms with van der Waals surface area (Å²) in [6, 6.07) is 4.86. The van der Waals surface area contributed by atoms with Gasteiger partial charge in [0.1, 0.15) is 5.82 Å². The molecule has 0 heterocycles. The topological polar surface area (TPSA) is 20.2 Å². The molecule has 1 N–H and O–H groups in total. The fraction of sp³-hybridized carbons (Fsp3) is 0.600. The summed E-state index contributed by atoms with van der Waals surface area (Å²) in [4.78, 5) is 0. The van der Waals surface area contributed by atoms with Gasteiger partial charge in [-0.3, -0.25) is 0 Å². The molecule has 0 bridgehead atoms. The normalized spacial score (nSPS) is 19.5. The number of hydrogen-bond donors (Lipinski definition) is 1. The summed E-state index contributed by atoms with van der Waals surface area (Å²) >= 11 is 3.29. The predicted molar refractivity (Wildman–Crippen MR) is 75.0 cm³/mol. The maximum atomic E-state index is 13.3. The highest BCUT2D eigenvalue weighted by Crippen LogP contribution is 2.27. The van der Waals surface area contributed by atoms with Crippen LogP contribution in [0.3, 0.4) is 0 Å². The summed E-state index contributed by atoms with van der Waals surface area (Å²) < 4.78 is 14.0. The van der Waals surface area contributed by atoms with E-state index in [-0.39, 0.29) is 11.9 Å². The predicted octanol–water partition coefficient (Wildman–Crippen LogP) is 4.46. The molecule has 0 aromatic heterocycles. The third-order valence-corrected chi connectivity index (χ3v) is 4.27. The lowest BCUT2D eigenvalue weighted by Crippen LogP contribution is -2.22. The highest BCUT2D eigenvalue weighted by Gasteiger charge is 2.21. The van der Waals surface area contributed by atoms with Crippen molar-refractivity contribution in [3.05, 3.63) is 34.1 Å². The zero-order valence-corrected chi connectivity index (χ0v) is 12.1. The number of rotatable bonds is 3. The van der Waals surface area contributed by atoms with E-state index in [4.69, 9.17) is 0 Å². The summed E-state index contributed by atoms with van der Waals surface area (Å²) in [5, 5.41) is 10.3. The minimum atomic E-state index is -0.336. The highest BCUT2D eigenvalue weighted by atomic mass is 79.9. The Morgan fingerprint density at radius 3 is 2.44 bits per heavy atom. The molecule has 1 aliphatic rings. The quantitative estimate of drug-likeness (QED) is 0.816. The Balaban J connectivity index is 1.98. The summed E-state index contributed by atoms with van der Waals surface area (Å²) in [6.45, 7) is 0. The van der Waals surface area contributed by atoms with Gasteiger partial charge in [0.05, 0.1) is 6.10 Å². The number of halogens is 2. The molecule has 1 saturated carbocycles. The molecule has 0 radical (unpaired) electrons. The van der Waals surface area contributed by atoms with E-state index < -0.39 is 0 Å². The van der Waals surface area contributed by atoms with Crippen LogP contribution in [-0.2, 0) is 6.42 Å². The van der Waals surface area contributed by atoms with Crippen molar-refractivity contribution in [2.45, 2.75) is 51.0 Å². The van der Waals surface area contributed by atoms with Gasteiger partial charge in [0, 0.05) is 4.47 Å². The Bertz CT molecular complexity index is 366. The van der Waals surface area contributed by atoms with Crippen LogP contribution < -0.4 is 0 Å². The average Bonchev–Trinajstić information content (AvgIpc) is 2.55. The Hall–Kier alpha value is -0.410. The lowest BCUT2D eigenvalue weighted by atomic mass is 9.90. The van der Waals surface area contributed by atoms with Gasteiger partial charge >= 0.3 is 0 Å². The molecule has 1 aromatic rings.